The van der Waals surface area contributed by atoms with Gasteiger partial charge in [-0.1, -0.05) is 45.8 Å². The maximum absolute atomic E-state index is 11.7. The van der Waals surface area contributed by atoms with Crippen LogP contribution in [-0.4, -0.2) is 21.9 Å². The molecule has 2 N–H and O–H groups in total. The molecule has 4 aliphatic rings. The molecule has 0 unspecified atom stereocenters. The van der Waals surface area contributed by atoms with Crippen LogP contribution in [0.4, 0.5) is 0 Å². The summed E-state index contributed by atoms with van der Waals surface area (Å²) in [6, 6.07) is 0. The molecule has 0 amide bonds. The molecule has 2 heteroatoms. The highest BCUT2D eigenvalue weighted by molar-refractivity contribution is 5.26. The predicted molar refractivity (Wildman–Crippen MR) is 102 cm³/mol. The second-order valence-electron chi connectivity index (χ2n) is 10.2. The van der Waals surface area contributed by atoms with E-state index < -0.39 is 5.60 Å². The van der Waals surface area contributed by atoms with Gasteiger partial charge in [0.15, 0.2) is 0 Å². The standard InChI is InChI=1S/C23H38O2/c1-5-15-14-20-18-8-7-16-13-17(24)9-11-21(16,3)19(18)10-12-22(20,4)23(15,25)6-2/h13,15,17-20,24-25H,5-12,14H2,1-4H3/t15-,17-,18+,19-,20-,21-,22-,23-/m0/s1. The first kappa shape index (κ1) is 18.0. The van der Waals surface area contributed by atoms with Crippen molar-refractivity contribution in [3.8, 4) is 0 Å². The molecule has 142 valence electrons. The highest BCUT2D eigenvalue weighted by Crippen LogP contribution is 2.69. The molecule has 0 aromatic heterocycles. The van der Waals surface area contributed by atoms with E-state index in [0.717, 1.165) is 37.5 Å². The number of fused-ring (bicyclic) bond motifs is 5. The molecule has 0 spiro atoms. The molecule has 4 aliphatic carbocycles. The molecule has 0 radical (unpaired) electrons. The van der Waals surface area contributed by atoms with Gasteiger partial charge in [-0.15, -0.1) is 0 Å². The van der Waals surface area contributed by atoms with E-state index in [2.05, 4.69) is 33.8 Å². The average Bonchev–Trinajstić information content (AvgIpc) is 2.83. The van der Waals surface area contributed by atoms with Gasteiger partial charge in [-0.25, -0.2) is 0 Å². The van der Waals surface area contributed by atoms with Crippen LogP contribution < -0.4 is 0 Å². The van der Waals surface area contributed by atoms with E-state index in [1.165, 1.54) is 32.1 Å². The Labute approximate surface area is 154 Å². The van der Waals surface area contributed by atoms with Crippen molar-refractivity contribution in [2.75, 3.05) is 0 Å². The van der Waals surface area contributed by atoms with Gasteiger partial charge >= 0.3 is 0 Å². The second-order valence-corrected chi connectivity index (χ2v) is 10.2. The predicted octanol–water partition coefficient (Wildman–Crippen LogP) is 5.09. The van der Waals surface area contributed by atoms with Crippen LogP contribution in [0.3, 0.4) is 0 Å². The molecule has 0 heterocycles. The lowest BCUT2D eigenvalue weighted by Crippen LogP contribution is -2.55. The van der Waals surface area contributed by atoms with Crippen LogP contribution in [0, 0.1) is 34.5 Å². The fourth-order valence-electron chi connectivity index (χ4n) is 8.17. The van der Waals surface area contributed by atoms with E-state index in [4.69, 9.17) is 0 Å². The van der Waals surface area contributed by atoms with Crippen LogP contribution in [0.1, 0.15) is 85.5 Å². The van der Waals surface area contributed by atoms with Crippen molar-refractivity contribution in [3.63, 3.8) is 0 Å². The Bertz CT molecular complexity index is 568. The summed E-state index contributed by atoms with van der Waals surface area (Å²) in [4.78, 5) is 0. The van der Waals surface area contributed by atoms with E-state index in [1.54, 1.807) is 5.57 Å². The third kappa shape index (κ3) is 2.22. The van der Waals surface area contributed by atoms with Crippen molar-refractivity contribution in [1.82, 2.24) is 0 Å². The van der Waals surface area contributed by atoms with Gasteiger partial charge in [0, 0.05) is 0 Å². The van der Waals surface area contributed by atoms with Crippen LogP contribution in [0.15, 0.2) is 11.6 Å². The molecule has 8 atom stereocenters. The minimum atomic E-state index is -0.461. The molecule has 0 aromatic carbocycles. The lowest BCUT2D eigenvalue weighted by atomic mass is 9.46. The number of allylic oxidation sites excluding steroid dienone is 1. The number of rotatable bonds is 2. The normalized spacial score (nSPS) is 55.1. The number of aliphatic hydroxyl groups is 2. The average molecular weight is 347 g/mol. The van der Waals surface area contributed by atoms with Crippen molar-refractivity contribution < 1.29 is 10.2 Å². The summed E-state index contributed by atoms with van der Waals surface area (Å²) >= 11 is 0. The van der Waals surface area contributed by atoms with Gasteiger partial charge in [-0.2, -0.15) is 0 Å². The van der Waals surface area contributed by atoms with Crippen LogP contribution in [0.25, 0.3) is 0 Å². The second kappa shape index (κ2) is 5.83. The van der Waals surface area contributed by atoms with E-state index in [0.29, 0.717) is 17.3 Å². The highest BCUT2D eigenvalue weighted by Gasteiger charge is 2.66. The summed E-state index contributed by atoms with van der Waals surface area (Å²) in [7, 11) is 0. The first-order chi connectivity index (χ1) is 11.8. The Kier molecular flexibility index (Phi) is 4.21. The summed E-state index contributed by atoms with van der Waals surface area (Å²) in [6.45, 7) is 9.39. The number of aliphatic hydroxyl groups excluding tert-OH is 1. The lowest BCUT2D eigenvalue weighted by Gasteiger charge is -2.59. The Morgan fingerprint density at radius 1 is 1.08 bits per heavy atom. The summed E-state index contributed by atoms with van der Waals surface area (Å²) in [5.74, 6) is 2.69. The highest BCUT2D eigenvalue weighted by atomic mass is 16.3. The summed E-state index contributed by atoms with van der Waals surface area (Å²) in [6.07, 6.45) is 12.2. The minimum Gasteiger partial charge on any atom is -0.389 e. The van der Waals surface area contributed by atoms with Gasteiger partial charge in [-0.3, -0.25) is 0 Å². The summed E-state index contributed by atoms with van der Waals surface area (Å²) in [5.41, 5.74) is 1.50. The Morgan fingerprint density at radius 3 is 2.52 bits per heavy atom. The molecule has 25 heavy (non-hydrogen) atoms. The summed E-state index contributed by atoms with van der Waals surface area (Å²) < 4.78 is 0. The molecule has 0 saturated heterocycles. The van der Waals surface area contributed by atoms with E-state index >= 15 is 0 Å². The van der Waals surface area contributed by atoms with E-state index in [9.17, 15) is 10.2 Å². The SMILES string of the molecule is CC[C@H]1C[C@H]2[C@@H]3CCC4=C[C@@H](O)CC[C@]4(C)[C@H]3CC[C@]2(C)[C@]1(O)CC. The molecule has 0 bridgehead atoms. The molecule has 3 fully saturated rings. The van der Waals surface area contributed by atoms with Gasteiger partial charge in [0.2, 0.25) is 0 Å². The third-order valence-corrected chi connectivity index (χ3v) is 9.71. The first-order valence-electron chi connectivity index (χ1n) is 10.9. The zero-order chi connectivity index (χ0) is 18.0. The van der Waals surface area contributed by atoms with E-state index in [-0.39, 0.29) is 11.5 Å². The maximum atomic E-state index is 11.7. The van der Waals surface area contributed by atoms with E-state index in [1.807, 2.05) is 0 Å². The first-order valence-corrected chi connectivity index (χ1v) is 10.9. The van der Waals surface area contributed by atoms with Gasteiger partial charge < -0.3 is 10.2 Å². The Balaban J connectivity index is 1.69. The molecule has 0 aromatic rings. The zero-order valence-electron chi connectivity index (χ0n) is 16.7. The number of hydrogen-bond acceptors (Lipinski definition) is 2. The topological polar surface area (TPSA) is 40.5 Å². The largest absolute Gasteiger partial charge is 0.389 e. The van der Waals surface area contributed by atoms with Crippen molar-refractivity contribution >= 4 is 0 Å². The minimum absolute atomic E-state index is 0.106. The van der Waals surface area contributed by atoms with Crippen LogP contribution in [0.2, 0.25) is 0 Å². The molecule has 3 saturated carbocycles. The van der Waals surface area contributed by atoms with Crippen LogP contribution in [0.5, 0.6) is 0 Å². The zero-order valence-corrected chi connectivity index (χ0v) is 16.7. The summed E-state index contributed by atoms with van der Waals surface area (Å²) in [5, 5.41) is 21.8. The molecule has 2 nitrogen and oxygen atoms in total. The quantitative estimate of drug-likeness (QED) is 0.684. The van der Waals surface area contributed by atoms with Gasteiger partial charge in [0.25, 0.3) is 0 Å². The van der Waals surface area contributed by atoms with Gasteiger partial charge in [-0.05, 0) is 85.9 Å². The monoisotopic (exact) mass is 346 g/mol. The molecular weight excluding hydrogens is 308 g/mol. The Hall–Kier alpha value is -0.340. The van der Waals surface area contributed by atoms with Crippen molar-refractivity contribution in [2.24, 2.45) is 34.5 Å². The van der Waals surface area contributed by atoms with Gasteiger partial charge in [0.05, 0.1) is 11.7 Å². The third-order valence-electron chi connectivity index (χ3n) is 9.71. The maximum Gasteiger partial charge on any atom is 0.0729 e. The van der Waals surface area contributed by atoms with Crippen LogP contribution >= 0.6 is 0 Å². The van der Waals surface area contributed by atoms with Crippen molar-refractivity contribution in [3.05, 3.63) is 11.6 Å². The van der Waals surface area contributed by atoms with Crippen LogP contribution in [-0.2, 0) is 0 Å². The fourth-order valence-corrected chi connectivity index (χ4v) is 8.17. The fraction of sp³-hybridized carbons (Fsp3) is 0.913. The number of hydrogen-bond donors (Lipinski definition) is 2. The molecule has 4 rings (SSSR count). The lowest BCUT2D eigenvalue weighted by molar-refractivity contribution is -0.142. The smallest absolute Gasteiger partial charge is 0.0729 e. The van der Waals surface area contributed by atoms with Gasteiger partial charge in [0.1, 0.15) is 0 Å². The van der Waals surface area contributed by atoms with Crippen molar-refractivity contribution in [2.45, 2.75) is 97.2 Å². The molecule has 0 aliphatic heterocycles. The molecular formula is C23H38O2. The Morgan fingerprint density at radius 2 is 1.84 bits per heavy atom. The van der Waals surface area contributed by atoms with Crippen molar-refractivity contribution in [1.29, 1.82) is 0 Å².